The molecule has 1 unspecified atom stereocenters. The predicted octanol–water partition coefficient (Wildman–Crippen LogP) is 3.22. The summed E-state index contributed by atoms with van der Waals surface area (Å²) in [5, 5.41) is 9.33. The Balaban J connectivity index is 2.21. The number of halogens is 2. The lowest BCUT2D eigenvalue weighted by Crippen LogP contribution is -2.23. The zero-order chi connectivity index (χ0) is 13.0. The van der Waals surface area contributed by atoms with E-state index in [1.54, 1.807) is 18.2 Å². The molecule has 3 nitrogen and oxygen atoms in total. The number of likely N-dealkylation sites (N-methyl/N-ethyl adjacent to an activating group) is 1. The summed E-state index contributed by atoms with van der Waals surface area (Å²) in [5.41, 5.74) is 1.42. The Morgan fingerprint density at radius 2 is 2.33 bits per heavy atom. The van der Waals surface area contributed by atoms with Crippen LogP contribution >= 0.6 is 23.1 Å². The van der Waals surface area contributed by atoms with Gasteiger partial charge in [0.05, 0.1) is 16.8 Å². The summed E-state index contributed by atoms with van der Waals surface area (Å²) >= 11 is 7.07. The van der Waals surface area contributed by atoms with Crippen molar-refractivity contribution in [3.05, 3.63) is 45.7 Å². The van der Waals surface area contributed by atoms with E-state index in [0.29, 0.717) is 12.0 Å². The van der Waals surface area contributed by atoms with Gasteiger partial charge in [0.2, 0.25) is 0 Å². The molecule has 1 heterocycles. The number of hydrogen-bond acceptors (Lipinski definition) is 4. The largest absolute Gasteiger partial charge is 0.309 e. The summed E-state index contributed by atoms with van der Waals surface area (Å²) in [4.78, 5) is 0. The van der Waals surface area contributed by atoms with Gasteiger partial charge in [-0.05, 0) is 36.1 Å². The van der Waals surface area contributed by atoms with Crippen LogP contribution in [0.5, 0.6) is 0 Å². The molecule has 6 heteroatoms. The minimum absolute atomic E-state index is 0.0401. The fourth-order valence-corrected chi connectivity index (χ4v) is 2.48. The topological polar surface area (TPSA) is 37.8 Å². The molecule has 0 bridgehead atoms. The molecular weight excluding hydrogens is 273 g/mol. The number of hydrogen-bond donors (Lipinski definition) is 1. The molecule has 0 radical (unpaired) electrons. The van der Waals surface area contributed by atoms with Crippen LogP contribution in [0.4, 0.5) is 4.39 Å². The van der Waals surface area contributed by atoms with Gasteiger partial charge in [-0.1, -0.05) is 35.1 Å². The van der Waals surface area contributed by atoms with E-state index in [1.165, 1.54) is 11.5 Å². The lowest BCUT2D eigenvalue weighted by Gasteiger charge is -2.15. The van der Waals surface area contributed by atoms with Gasteiger partial charge in [0, 0.05) is 5.38 Å². The number of nitrogens with one attached hydrogen (secondary N) is 1. The van der Waals surface area contributed by atoms with Gasteiger partial charge in [0.25, 0.3) is 0 Å². The third kappa shape index (κ3) is 3.04. The van der Waals surface area contributed by atoms with E-state index in [2.05, 4.69) is 14.9 Å². The maximum Gasteiger partial charge on any atom is 0.145 e. The zero-order valence-electron chi connectivity index (χ0n) is 9.86. The van der Waals surface area contributed by atoms with Crippen LogP contribution in [0.25, 0.3) is 0 Å². The Hall–Kier alpha value is -1.04. The molecule has 0 spiro atoms. The molecule has 1 aromatic heterocycles. The molecule has 18 heavy (non-hydrogen) atoms. The molecule has 1 N–H and O–H groups in total. The monoisotopic (exact) mass is 285 g/mol. The minimum Gasteiger partial charge on any atom is -0.309 e. The van der Waals surface area contributed by atoms with Crippen LogP contribution in [-0.4, -0.2) is 16.1 Å². The molecule has 96 valence electrons. The molecule has 1 aromatic carbocycles. The molecule has 0 fully saturated rings. The molecule has 2 aromatic rings. The average Bonchev–Trinajstić information content (AvgIpc) is 2.88. The van der Waals surface area contributed by atoms with E-state index in [0.717, 1.165) is 12.2 Å². The van der Waals surface area contributed by atoms with Crippen molar-refractivity contribution in [3.63, 3.8) is 0 Å². The zero-order valence-corrected chi connectivity index (χ0v) is 11.4. The van der Waals surface area contributed by atoms with Gasteiger partial charge in [-0.3, -0.25) is 0 Å². The van der Waals surface area contributed by atoms with Gasteiger partial charge in [0.1, 0.15) is 5.82 Å². The second-order valence-electron chi connectivity index (χ2n) is 3.86. The third-order valence-electron chi connectivity index (χ3n) is 2.64. The quantitative estimate of drug-likeness (QED) is 0.916. The first-order chi connectivity index (χ1) is 8.72. The first-order valence-corrected chi connectivity index (χ1v) is 6.87. The van der Waals surface area contributed by atoms with Gasteiger partial charge in [-0.2, -0.15) is 0 Å². The van der Waals surface area contributed by atoms with E-state index in [4.69, 9.17) is 11.6 Å². The minimum atomic E-state index is -0.356. The van der Waals surface area contributed by atoms with Crippen molar-refractivity contribution in [1.82, 2.24) is 14.9 Å². The van der Waals surface area contributed by atoms with Crippen molar-refractivity contribution in [3.8, 4) is 0 Å². The van der Waals surface area contributed by atoms with Crippen LogP contribution in [0, 0.1) is 5.82 Å². The van der Waals surface area contributed by atoms with Crippen LogP contribution in [0.15, 0.2) is 23.6 Å². The summed E-state index contributed by atoms with van der Waals surface area (Å²) in [5.74, 6) is -0.356. The highest BCUT2D eigenvalue weighted by Crippen LogP contribution is 2.23. The average molecular weight is 286 g/mol. The van der Waals surface area contributed by atoms with Gasteiger partial charge < -0.3 is 5.32 Å². The first-order valence-electron chi connectivity index (χ1n) is 5.65. The fraction of sp³-hybridized carbons (Fsp3) is 0.333. The molecular formula is C12H13ClFN3S. The lowest BCUT2D eigenvalue weighted by atomic mass is 10.0. The summed E-state index contributed by atoms with van der Waals surface area (Å²) in [6, 6.07) is 5.00. The predicted molar refractivity (Wildman–Crippen MR) is 71.4 cm³/mol. The Morgan fingerprint density at radius 1 is 1.50 bits per heavy atom. The molecule has 0 saturated heterocycles. The highest BCUT2D eigenvalue weighted by molar-refractivity contribution is 7.03. The van der Waals surface area contributed by atoms with Crippen molar-refractivity contribution in [2.75, 3.05) is 6.54 Å². The van der Waals surface area contributed by atoms with E-state index < -0.39 is 0 Å². The fourth-order valence-electron chi connectivity index (χ4n) is 1.78. The summed E-state index contributed by atoms with van der Waals surface area (Å²) in [7, 11) is 0. The normalized spacial score (nSPS) is 12.6. The van der Waals surface area contributed by atoms with Crippen molar-refractivity contribution in [1.29, 1.82) is 0 Å². The van der Waals surface area contributed by atoms with Crippen molar-refractivity contribution < 1.29 is 4.39 Å². The van der Waals surface area contributed by atoms with Crippen molar-refractivity contribution in [2.45, 2.75) is 19.4 Å². The molecule has 1 atom stereocenters. The Morgan fingerprint density at radius 3 is 3.00 bits per heavy atom. The van der Waals surface area contributed by atoms with Crippen LogP contribution < -0.4 is 5.32 Å². The molecule has 0 aliphatic carbocycles. The van der Waals surface area contributed by atoms with Crippen LogP contribution in [0.3, 0.4) is 0 Å². The smallest absolute Gasteiger partial charge is 0.145 e. The second kappa shape index (κ2) is 6.22. The van der Waals surface area contributed by atoms with E-state index in [9.17, 15) is 4.39 Å². The van der Waals surface area contributed by atoms with E-state index >= 15 is 0 Å². The first kappa shape index (κ1) is 13.4. The highest BCUT2D eigenvalue weighted by Gasteiger charge is 2.17. The SMILES string of the molecule is CCNC(Cc1cccc(Cl)c1F)c1csnn1. The van der Waals surface area contributed by atoms with Crippen molar-refractivity contribution >= 4 is 23.1 Å². The summed E-state index contributed by atoms with van der Waals surface area (Å²) in [6.07, 6.45) is 0.506. The summed E-state index contributed by atoms with van der Waals surface area (Å²) in [6.45, 7) is 2.78. The molecule has 2 rings (SSSR count). The number of nitrogens with zero attached hydrogens (tertiary/aromatic N) is 2. The van der Waals surface area contributed by atoms with Gasteiger partial charge >= 0.3 is 0 Å². The maximum absolute atomic E-state index is 13.9. The number of rotatable bonds is 5. The van der Waals surface area contributed by atoms with E-state index in [-0.39, 0.29) is 16.9 Å². The number of benzene rings is 1. The molecule has 0 amide bonds. The lowest BCUT2D eigenvalue weighted by molar-refractivity contribution is 0.517. The standard InChI is InChI=1S/C12H13ClFN3S/c1-2-15-10(11-7-18-17-16-11)6-8-4-3-5-9(13)12(8)14/h3-5,7,10,15H,2,6H2,1H3. The van der Waals surface area contributed by atoms with Gasteiger partial charge in [-0.25, -0.2) is 4.39 Å². The molecule has 0 aliphatic rings. The molecule has 0 aliphatic heterocycles. The Labute approximate surface area is 114 Å². The van der Waals surface area contributed by atoms with E-state index in [1.807, 2.05) is 12.3 Å². The van der Waals surface area contributed by atoms with Gasteiger partial charge in [0.15, 0.2) is 0 Å². The van der Waals surface area contributed by atoms with Crippen molar-refractivity contribution in [2.24, 2.45) is 0 Å². The third-order valence-corrected chi connectivity index (χ3v) is 3.45. The van der Waals surface area contributed by atoms with Crippen LogP contribution in [0.1, 0.15) is 24.2 Å². The Bertz CT molecular complexity index is 504. The highest BCUT2D eigenvalue weighted by atomic mass is 35.5. The van der Waals surface area contributed by atoms with Crippen LogP contribution in [0.2, 0.25) is 5.02 Å². The molecule has 0 saturated carbocycles. The summed E-state index contributed by atoms with van der Waals surface area (Å²) < 4.78 is 17.7. The Kier molecular flexibility index (Phi) is 4.63. The maximum atomic E-state index is 13.9. The number of aromatic nitrogens is 2. The van der Waals surface area contributed by atoms with Gasteiger partial charge in [-0.15, -0.1) is 5.10 Å². The van der Waals surface area contributed by atoms with Crippen LogP contribution in [-0.2, 0) is 6.42 Å². The second-order valence-corrected chi connectivity index (χ2v) is 4.87.